The number of carboxylic acid groups (broad SMARTS) is 1. The predicted molar refractivity (Wildman–Crippen MR) is 116 cm³/mol. The predicted octanol–water partition coefficient (Wildman–Crippen LogP) is 2.81. The third-order valence-electron chi connectivity index (χ3n) is 6.72. The quantitative estimate of drug-likeness (QED) is 0.700. The van der Waals surface area contributed by atoms with E-state index >= 15 is 0 Å². The molecule has 1 saturated heterocycles. The molecule has 0 bridgehead atoms. The average molecular weight is 480 g/mol. The molecule has 184 valence electrons. The normalized spacial score (nSPS) is 22.1. The van der Waals surface area contributed by atoms with Gasteiger partial charge in [0, 0.05) is 38.6 Å². The first-order chi connectivity index (χ1) is 16.1. The number of benzene rings is 1. The van der Waals surface area contributed by atoms with Gasteiger partial charge in [-0.05, 0) is 43.6 Å². The first-order valence-electron chi connectivity index (χ1n) is 11.4. The van der Waals surface area contributed by atoms with E-state index in [-0.39, 0.29) is 5.91 Å². The van der Waals surface area contributed by atoms with Crippen molar-refractivity contribution < 1.29 is 27.9 Å². The van der Waals surface area contributed by atoms with Crippen LogP contribution in [0, 0.1) is 18.8 Å². The number of rotatable bonds is 4. The molecule has 8 nitrogen and oxygen atoms in total. The van der Waals surface area contributed by atoms with Gasteiger partial charge in [-0.15, -0.1) is 10.2 Å². The minimum absolute atomic E-state index is 0.0495. The fraction of sp³-hybridized carbons (Fsp3) is 0.565. The highest BCUT2D eigenvalue weighted by molar-refractivity contribution is 5.91. The number of nitrogens with zero attached hydrogens (tertiary/aromatic N) is 4. The number of carbonyl (C=O) groups excluding carboxylic acids is 1. The van der Waals surface area contributed by atoms with Gasteiger partial charge in [0.2, 0.25) is 5.82 Å². The lowest BCUT2D eigenvalue weighted by atomic mass is 9.89. The number of carbonyl (C=O) groups is 2. The van der Waals surface area contributed by atoms with E-state index in [1.54, 1.807) is 0 Å². The van der Waals surface area contributed by atoms with Gasteiger partial charge in [0.1, 0.15) is 5.82 Å². The maximum absolute atomic E-state index is 12.6. The van der Waals surface area contributed by atoms with E-state index in [4.69, 9.17) is 9.90 Å². The summed E-state index contributed by atoms with van der Waals surface area (Å²) in [7, 11) is 0. The molecule has 0 radical (unpaired) electrons. The van der Waals surface area contributed by atoms with Crippen LogP contribution >= 0.6 is 0 Å². The van der Waals surface area contributed by atoms with Crippen molar-refractivity contribution in [3.05, 3.63) is 47.0 Å². The average Bonchev–Trinajstić information content (AvgIpc) is 3.31. The number of likely N-dealkylation sites (tertiary alicyclic amines) is 1. The van der Waals surface area contributed by atoms with Crippen LogP contribution in [0.1, 0.15) is 46.8 Å². The van der Waals surface area contributed by atoms with Crippen molar-refractivity contribution in [2.24, 2.45) is 11.8 Å². The van der Waals surface area contributed by atoms with Crippen LogP contribution in [0.15, 0.2) is 24.3 Å². The number of nitrogens with one attached hydrogen (secondary N) is 1. The Balaban J connectivity index is 0.000000344. The molecule has 2 aliphatic heterocycles. The second-order valence-corrected chi connectivity index (χ2v) is 9.36. The van der Waals surface area contributed by atoms with Crippen LogP contribution < -0.4 is 5.32 Å². The van der Waals surface area contributed by atoms with Crippen molar-refractivity contribution in [2.75, 3.05) is 13.1 Å². The summed E-state index contributed by atoms with van der Waals surface area (Å²) in [6, 6.07) is 9.11. The largest absolute Gasteiger partial charge is 0.490 e. The van der Waals surface area contributed by atoms with Crippen LogP contribution in [0.3, 0.4) is 0 Å². The lowest BCUT2D eigenvalue weighted by Gasteiger charge is -2.28. The standard InChI is InChI=1S/C21H27N5O.C2HF3O2/c1-14-4-2-5-15(8-14)10-25-11-16-9-19-23-24-20(26(19)13-17(16)12-25)21(27)22-18-6-3-7-18;3-2(4,5)1(6)7/h2,4-5,8,16-18H,3,6-7,9-13H2,1H3,(H,22,27);(H,6,7). The summed E-state index contributed by atoms with van der Waals surface area (Å²) in [6.07, 6.45) is -0.765. The Morgan fingerprint density at radius 3 is 2.47 bits per heavy atom. The number of aryl methyl sites for hydroxylation is 1. The van der Waals surface area contributed by atoms with Crippen molar-refractivity contribution in [1.29, 1.82) is 0 Å². The summed E-state index contributed by atoms with van der Waals surface area (Å²) in [6.45, 7) is 6.21. The van der Waals surface area contributed by atoms with Gasteiger partial charge in [-0.1, -0.05) is 29.8 Å². The molecule has 2 atom stereocenters. The number of hydrogen-bond donors (Lipinski definition) is 2. The molecule has 1 aromatic carbocycles. The fourth-order valence-corrected chi connectivity index (χ4v) is 4.79. The van der Waals surface area contributed by atoms with Gasteiger partial charge in [-0.25, -0.2) is 4.79 Å². The Morgan fingerprint density at radius 1 is 1.15 bits per heavy atom. The fourth-order valence-electron chi connectivity index (χ4n) is 4.79. The molecule has 3 heterocycles. The smallest absolute Gasteiger partial charge is 0.475 e. The van der Waals surface area contributed by atoms with E-state index in [0.29, 0.717) is 23.7 Å². The zero-order valence-corrected chi connectivity index (χ0v) is 18.9. The summed E-state index contributed by atoms with van der Waals surface area (Å²) in [5.74, 6) is -0.124. The number of aliphatic carboxylic acids is 1. The van der Waals surface area contributed by atoms with Gasteiger partial charge in [0.25, 0.3) is 5.91 Å². The second kappa shape index (κ2) is 9.73. The monoisotopic (exact) mass is 479 g/mol. The zero-order valence-electron chi connectivity index (χ0n) is 18.9. The molecule has 2 N–H and O–H groups in total. The number of amides is 1. The Kier molecular flexibility index (Phi) is 6.92. The second-order valence-electron chi connectivity index (χ2n) is 9.36. The summed E-state index contributed by atoms with van der Waals surface area (Å²) in [4.78, 5) is 24.0. The van der Waals surface area contributed by atoms with Gasteiger partial charge in [0.05, 0.1) is 0 Å². The van der Waals surface area contributed by atoms with Crippen molar-refractivity contribution in [2.45, 2.75) is 57.9 Å². The zero-order chi connectivity index (χ0) is 24.5. The molecular formula is C23H28F3N5O3. The van der Waals surface area contributed by atoms with Crippen LogP contribution in [0.5, 0.6) is 0 Å². The number of aromatic nitrogens is 3. The number of hydrogen-bond acceptors (Lipinski definition) is 5. The van der Waals surface area contributed by atoms with E-state index in [2.05, 4.69) is 56.2 Å². The minimum atomic E-state index is -5.08. The molecule has 2 unspecified atom stereocenters. The highest BCUT2D eigenvalue weighted by Crippen LogP contribution is 2.33. The number of halogens is 3. The van der Waals surface area contributed by atoms with Gasteiger partial charge in [-0.2, -0.15) is 13.2 Å². The summed E-state index contributed by atoms with van der Waals surface area (Å²) in [5.41, 5.74) is 2.70. The highest BCUT2D eigenvalue weighted by Gasteiger charge is 2.39. The van der Waals surface area contributed by atoms with Gasteiger partial charge >= 0.3 is 12.1 Å². The van der Waals surface area contributed by atoms with Crippen LogP contribution in [-0.2, 0) is 24.3 Å². The number of carboxylic acids is 1. The van der Waals surface area contributed by atoms with Crippen molar-refractivity contribution >= 4 is 11.9 Å². The maximum atomic E-state index is 12.6. The molecule has 1 saturated carbocycles. The molecular weight excluding hydrogens is 451 g/mol. The lowest BCUT2D eigenvalue weighted by molar-refractivity contribution is -0.192. The molecule has 1 aromatic heterocycles. The van der Waals surface area contributed by atoms with E-state index in [0.717, 1.165) is 51.3 Å². The Bertz CT molecular complexity index is 1050. The van der Waals surface area contributed by atoms with E-state index < -0.39 is 12.1 Å². The van der Waals surface area contributed by atoms with Crippen molar-refractivity contribution in [1.82, 2.24) is 25.0 Å². The van der Waals surface area contributed by atoms with Crippen LogP contribution in [-0.4, -0.2) is 62.0 Å². The Hall–Kier alpha value is -2.95. The molecule has 11 heteroatoms. The van der Waals surface area contributed by atoms with E-state index in [9.17, 15) is 18.0 Å². The lowest BCUT2D eigenvalue weighted by Crippen LogP contribution is -2.41. The van der Waals surface area contributed by atoms with Gasteiger partial charge < -0.3 is 15.0 Å². The van der Waals surface area contributed by atoms with Crippen LogP contribution in [0.25, 0.3) is 0 Å². The summed E-state index contributed by atoms with van der Waals surface area (Å²) in [5, 5.41) is 18.8. The molecule has 1 aliphatic carbocycles. The molecule has 3 aliphatic rings. The van der Waals surface area contributed by atoms with Gasteiger partial charge in [-0.3, -0.25) is 9.69 Å². The number of alkyl halides is 3. The first-order valence-corrected chi connectivity index (χ1v) is 11.4. The first kappa shape index (κ1) is 24.2. The third-order valence-corrected chi connectivity index (χ3v) is 6.72. The van der Waals surface area contributed by atoms with E-state index in [1.165, 1.54) is 17.5 Å². The molecule has 34 heavy (non-hydrogen) atoms. The van der Waals surface area contributed by atoms with Gasteiger partial charge in [0.15, 0.2) is 0 Å². The van der Waals surface area contributed by atoms with E-state index in [1.807, 2.05) is 0 Å². The third kappa shape index (κ3) is 5.57. The Labute approximate surface area is 195 Å². The van der Waals surface area contributed by atoms with Crippen LogP contribution in [0.2, 0.25) is 0 Å². The van der Waals surface area contributed by atoms with Crippen molar-refractivity contribution in [3.63, 3.8) is 0 Å². The molecule has 0 spiro atoms. The molecule has 2 fully saturated rings. The van der Waals surface area contributed by atoms with Crippen LogP contribution in [0.4, 0.5) is 13.2 Å². The molecule has 1 amide bonds. The SMILES string of the molecule is Cc1cccc(CN2CC3Cc4nnc(C(=O)NC5CCC5)n4CC3C2)c1.O=C(O)C(F)(F)F. The number of fused-ring (bicyclic) bond motifs is 2. The topological polar surface area (TPSA) is 100 Å². The van der Waals surface area contributed by atoms with Crippen molar-refractivity contribution in [3.8, 4) is 0 Å². The Morgan fingerprint density at radius 2 is 1.85 bits per heavy atom. The summed E-state index contributed by atoms with van der Waals surface area (Å²) < 4.78 is 33.8. The molecule has 5 rings (SSSR count). The molecule has 2 aromatic rings. The highest BCUT2D eigenvalue weighted by atomic mass is 19.4. The summed E-state index contributed by atoms with van der Waals surface area (Å²) >= 11 is 0. The maximum Gasteiger partial charge on any atom is 0.490 e. The minimum Gasteiger partial charge on any atom is -0.475 e.